The van der Waals surface area contributed by atoms with Crippen molar-refractivity contribution in [1.82, 2.24) is 5.32 Å². The van der Waals surface area contributed by atoms with Gasteiger partial charge in [-0.3, -0.25) is 24.0 Å². The van der Waals surface area contributed by atoms with Crippen molar-refractivity contribution < 1.29 is 32.4 Å². The molecule has 2 amide bonds. The Hall–Kier alpha value is -4.65. The van der Waals surface area contributed by atoms with Gasteiger partial charge in [0.15, 0.2) is 4.90 Å². The van der Waals surface area contributed by atoms with Crippen molar-refractivity contribution in [1.29, 1.82) is 0 Å². The first kappa shape index (κ1) is 29.9. The van der Waals surface area contributed by atoms with Crippen molar-refractivity contribution in [3.8, 4) is 11.5 Å². The van der Waals surface area contributed by atoms with Gasteiger partial charge in [-0.05, 0) is 36.2 Å². The zero-order valence-electron chi connectivity index (χ0n) is 22.4. The summed E-state index contributed by atoms with van der Waals surface area (Å²) in [5.41, 5.74) is -0.364. The number of benzene rings is 3. The van der Waals surface area contributed by atoms with Crippen molar-refractivity contribution in [3.05, 3.63) is 82.4 Å². The van der Waals surface area contributed by atoms with Crippen molar-refractivity contribution in [2.24, 2.45) is 5.92 Å². The van der Waals surface area contributed by atoms with Gasteiger partial charge in [-0.1, -0.05) is 38.1 Å². The van der Waals surface area contributed by atoms with E-state index in [1.807, 2.05) is 13.8 Å². The van der Waals surface area contributed by atoms with Gasteiger partial charge in [0.2, 0.25) is 5.91 Å². The number of nitro groups is 1. The summed E-state index contributed by atoms with van der Waals surface area (Å²) >= 11 is 0. The van der Waals surface area contributed by atoms with Crippen LogP contribution in [0.5, 0.6) is 11.5 Å². The first-order valence-corrected chi connectivity index (χ1v) is 13.6. The molecule has 0 aliphatic rings. The minimum absolute atomic E-state index is 0.0442. The highest BCUT2D eigenvalue weighted by atomic mass is 32.2. The van der Waals surface area contributed by atoms with Crippen LogP contribution in [-0.2, 0) is 14.8 Å². The third kappa shape index (κ3) is 6.86. The van der Waals surface area contributed by atoms with Crippen LogP contribution in [0.3, 0.4) is 0 Å². The van der Waals surface area contributed by atoms with Crippen LogP contribution in [-0.4, -0.2) is 52.5 Å². The Kier molecular flexibility index (Phi) is 9.67. The van der Waals surface area contributed by atoms with E-state index in [0.717, 1.165) is 12.1 Å². The molecule has 3 aromatic rings. The molecule has 13 heteroatoms. The Morgan fingerprint density at radius 1 is 1.00 bits per heavy atom. The average molecular weight is 571 g/mol. The normalized spacial score (nSPS) is 11.0. The molecule has 0 fully saturated rings. The monoisotopic (exact) mass is 570 g/mol. The van der Waals surface area contributed by atoms with Gasteiger partial charge >= 0.3 is 0 Å². The third-order valence-electron chi connectivity index (χ3n) is 5.69. The second-order valence-electron chi connectivity index (χ2n) is 8.97. The summed E-state index contributed by atoms with van der Waals surface area (Å²) in [5, 5.41) is 17.0. The number of ether oxygens (including phenoxy) is 2. The summed E-state index contributed by atoms with van der Waals surface area (Å²) in [6.45, 7) is 3.50. The lowest BCUT2D eigenvalue weighted by molar-refractivity contribution is -0.387. The van der Waals surface area contributed by atoms with E-state index in [1.54, 1.807) is 12.1 Å². The molecule has 0 saturated heterocycles. The summed E-state index contributed by atoms with van der Waals surface area (Å²) in [6, 6.07) is 15.4. The number of nitrogens with zero attached hydrogens (tertiary/aromatic N) is 2. The zero-order valence-corrected chi connectivity index (χ0v) is 23.2. The number of nitro benzene ring substituents is 1. The molecule has 12 nitrogen and oxygen atoms in total. The minimum Gasteiger partial charge on any atom is -0.497 e. The maximum atomic E-state index is 13.9. The molecule has 0 aromatic heterocycles. The fourth-order valence-corrected chi connectivity index (χ4v) is 5.33. The van der Waals surface area contributed by atoms with Gasteiger partial charge in [0.1, 0.15) is 18.0 Å². The quantitative estimate of drug-likeness (QED) is 0.246. The summed E-state index contributed by atoms with van der Waals surface area (Å²) in [4.78, 5) is 36.3. The van der Waals surface area contributed by atoms with Gasteiger partial charge in [0.25, 0.3) is 21.6 Å². The SMILES string of the molecule is COc1ccc(N(CC(=O)Nc2ccccc2C(=O)NCC(C)C)S(=O)(=O)c2ccccc2[N+](=O)[O-])c(OC)c1. The van der Waals surface area contributed by atoms with E-state index in [-0.39, 0.29) is 28.6 Å². The third-order valence-corrected chi connectivity index (χ3v) is 7.50. The van der Waals surface area contributed by atoms with E-state index in [2.05, 4.69) is 10.6 Å². The average Bonchev–Trinajstić information content (AvgIpc) is 2.94. The van der Waals surface area contributed by atoms with E-state index >= 15 is 0 Å². The predicted octanol–water partition coefficient (Wildman–Crippen LogP) is 3.83. The molecule has 0 heterocycles. The van der Waals surface area contributed by atoms with Crippen molar-refractivity contribution in [2.45, 2.75) is 18.7 Å². The number of methoxy groups -OCH3 is 2. The number of carbonyl (C=O) groups excluding carboxylic acids is 2. The fraction of sp³-hybridized carbons (Fsp3) is 0.259. The standard InChI is InChI=1S/C27H30N4O8S/c1-18(2)16-28-27(33)20-9-5-6-10-21(20)29-26(32)17-30(22-14-13-19(38-3)15-24(22)39-4)40(36,37)25-12-8-7-11-23(25)31(34)35/h5-15,18H,16-17H2,1-4H3,(H,28,33)(H,29,32). The topological polar surface area (TPSA) is 157 Å². The number of para-hydroxylation sites is 2. The summed E-state index contributed by atoms with van der Waals surface area (Å²) < 4.78 is 39.0. The van der Waals surface area contributed by atoms with Gasteiger partial charge in [-0.25, -0.2) is 8.42 Å². The molecule has 0 radical (unpaired) electrons. The molecule has 40 heavy (non-hydrogen) atoms. The van der Waals surface area contributed by atoms with Crippen LogP contribution in [0.25, 0.3) is 0 Å². The van der Waals surface area contributed by atoms with Crippen LogP contribution in [0.2, 0.25) is 0 Å². The van der Waals surface area contributed by atoms with Crippen LogP contribution in [0.15, 0.2) is 71.6 Å². The molecule has 0 saturated carbocycles. The molecule has 0 atom stereocenters. The predicted molar refractivity (Wildman–Crippen MR) is 149 cm³/mol. The molecule has 2 N–H and O–H groups in total. The summed E-state index contributed by atoms with van der Waals surface area (Å²) in [7, 11) is -1.96. The number of hydrogen-bond donors (Lipinski definition) is 2. The lowest BCUT2D eigenvalue weighted by atomic mass is 10.1. The number of nitrogens with one attached hydrogen (secondary N) is 2. The Balaban J connectivity index is 2.05. The van der Waals surface area contributed by atoms with Gasteiger partial charge in [0, 0.05) is 18.7 Å². The van der Waals surface area contributed by atoms with Crippen molar-refractivity contribution in [3.63, 3.8) is 0 Å². The molecule has 212 valence electrons. The van der Waals surface area contributed by atoms with Crippen LogP contribution >= 0.6 is 0 Å². The minimum atomic E-state index is -4.68. The molecule has 0 aliphatic heterocycles. The number of carbonyl (C=O) groups is 2. The zero-order chi connectivity index (χ0) is 29.4. The summed E-state index contributed by atoms with van der Waals surface area (Å²) in [6.07, 6.45) is 0. The number of rotatable bonds is 12. The Morgan fingerprint density at radius 3 is 2.33 bits per heavy atom. The largest absolute Gasteiger partial charge is 0.497 e. The number of amides is 2. The molecular formula is C27H30N4O8S. The van der Waals surface area contributed by atoms with Gasteiger partial charge in [-0.15, -0.1) is 0 Å². The fourth-order valence-electron chi connectivity index (χ4n) is 3.74. The number of hydrogen-bond acceptors (Lipinski definition) is 8. The van der Waals surface area contributed by atoms with Crippen LogP contribution in [0.1, 0.15) is 24.2 Å². The second kappa shape index (κ2) is 12.9. The van der Waals surface area contributed by atoms with Gasteiger partial charge < -0.3 is 20.1 Å². The molecule has 0 aliphatic carbocycles. The Bertz CT molecular complexity index is 1510. The molecule has 3 aromatic carbocycles. The van der Waals surface area contributed by atoms with Gasteiger partial charge in [-0.2, -0.15) is 0 Å². The van der Waals surface area contributed by atoms with E-state index in [9.17, 15) is 28.1 Å². The smallest absolute Gasteiger partial charge is 0.289 e. The second-order valence-corrected chi connectivity index (χ2v) is 10.8. The highest BCUT2D eigenvalue weighted by Gasteiger charge is 2.35. The lowest BCUT2D eigenvalue weighted by Gasteiger charge is -2.26. The lowest BCUT2D eigenvalue weighted by Crippen LogP contribution is -2.39. The van der Waals surface area contributed by atoms with Crippen molar-refractivity contribution in [2.75, 3.05) is 36.9 Å². The highest BCUT2D eigenvalue weighted by Crippen LogP contribution is 2.37. The maximum absolute atomic E-state index is 13.9. The first-order valence-electron chi connectivity index (χ1n) is 12.1. The number of sulfonamides is 1. The molecule has 3 rings (SSSR count). The molecule has 0 unspecified atom stereocenters. The Morgan fingerprint density at radius 2 is 1.68 bits per heavy atom. The van der Waals surface area contributed by atoms with Crippen LogP contribution in [0.4, 0.5) is 17.1 Å². The van der Waals surface area contributed by atoms with E-state index < -0.39 is 43.9 Å². The van der Waals surface area contributed by atoms with E-state index in [0.29, 0.717) is 16.6 Å². The highest BCUT2D eigenvalue weighted by molar-refractivity contribution is 7.93. The maximum Gasteiger partial charge on any atom is 0.289 e. The van der Waals surface area contributed by atoms with Crippen LogP contribution < -0.4 is 24.4 Å². The molecule has 0 bridgehead atoms. The Labute approximate surface area is 232 Å². The van der Waals surface area contributed by atoms with E-state index in [1.165, 1.54) is 56.7 Å². The van der Waals surface area contributed by atoms with E-state index in [4.69, 9.17) is 9.47 Å². The molecule has 0 spiro atoms. The van der Waals surface area contributed by atoms with Crippen LogP contribution in [0, 0.1) is 16.0 Å². The number of anilines is 2. The van der Waals surface area contributed by atoms with Gasteiger partial charge in [0.05, 0.1) is 36.1 Å². The first-order chi connectivity index (χ1) is 19.0. The summed E-state index contributed by atoms with van der Waals surface area (Å²) in [5.74, 6) is -0.613. The molecular weight excluding hydrogens is 540 g/mol. The van der Waals surface area contributed by atoms with Crippen molar-refractivity contribution >= 4 is 38.9 Å².